The first-order valence-electron chi connectivity index (χ1n) is 9.19. The number of piperidine rings is 1. The van der Waals surface area contributed by atoms with Gasteiger partial charge in [-0.2, -0.15) is 0 Å². The predicted molar refractivity (Wildman–Crippen MR) is 107 cm³/mol. The number of likely N-dealkylation sites (tertiary alicyclic amines) is 1. The van der Waals surface area contributed by atoms with Gasteiger partial charge in [-0.25, -0.2) is 14.0 Å². The highest BCUT2D eigenvalue weighted by molar-refractivity contribution is 6.30. The summed E-state index contributed by atoms with van der Waals surface area (Å²) >= 11 is 5.66. The smallest absolute Gasteiger partial charge is 0.414 e. The quantitative estimate of drug-likeness (QED) is 0.701. The van der Waals surface area contributed by atoms with E-state index < -0.39 is 17.8 Å². The van der Waals surface area contributed by atoms with Crippen LogP contribution < -0.4 is 4.74 Å². The minimum absolute atomic E-state index is 0.111. The maximum atomic E-state index is 13.4. The largest absolute Gasteiger partial charge is 0.489 e. The number of nitrogens with zero attached hydrogens (tertiary/aromatic N) is 1. The van der Waals surface area contributed by atoms with E-state index in [1.165, 1.54) is 50.0 Å². The Hall–Kier alpha value is -2.64. The van der Waals surface area contributed by atoms with Crippen molar-refractivity contribution in [2.45, 2.75) is 32.4 Å². The fourth-order valence-electron chi connectivity index (χ4n) is 2.85. The second-order valence-corrected chi connectivity index (χ2v) is 7.04. The molecule has 29 heavy (non-hydrogen) atoms. The molecular weight excluding hydrogens is 401 g/mol. The van der Waals surface area contributed by atoms with Gasteiger partial charge in [0, 0.05) is 12.6 Å². The highest BCUT2D eigenvalue weighted by Crippen LogP contribution is 2.21. The Morgan fingerprint density at radius 2 is 1.55 bits per heavy atom. The van der Waals surface area contributed by atoms with Gasteiger partial charge in [-0.15, -0.1) is 0 Å². The van der Waals surface area contributed by atoms with Crippen molar-refractivity contribution in [3.05, 3.63) is 64.4 Å². The first kappa shape index (κ1) is 22.6. The van der Waals surface area contributed by atoms with E-state index in [4.69, 9.17) is 36.1 Å². The van der Waals surface area contributed by atoms with Crippen molar-refractivity contribution in [3.63, 3.8) is 0 Å². The lowest BCUT2D eigenvalue weighted by Crippen LogP contribution is -2.29. The zero-order chi connectivity index (χ0) is 21.2. The Morgan fingerprint density at radius 3 is 2.10 bits per heavy atom. The minimum atomic E-state index is -1.82. The van der Waals surface area contributed by atoms with Crippen molar-refractivity contribution in [1.82, 2.24) is 4.90 Å². The fraction of sp³-hybridized carbons (Fsp3) is 0.333. The second kappa shape index (κ2) is 11.4. The molecule has 0 aromatic heterocycles. The van der Waals surface area contributed by atoms with Gasteiger partial charge in [0.2, 0.25) is 0 Å². The Balaban J connectivity index is 0.000000438. The van der Waals surface area contributed by atoms with Crippen LogP contribution in [-0.4, -0.2) is 40.1 Å². The minimum Gasteiger partial charge on any atom is -0.489 e. The number of carboxylic acid groups (broad SMARTS) is 2. The molecule has 2 aromatic rings. The van der Waals surface area contributed by atoms with Gasteiger partial charge in [0.1, 0.15) is 18.2 Å². The molecule has 1 aliphatic rings. The van der Waals surface area contributed by atoms with E-state index in [1.807, 2.05) is 0 Å². The van der Waals surface area contributed by atoms with Gasteiger partial charge in [-0.1, -0.05) is 42.3 Å². The van der Waals surface area contributed by atoms with Crippen LogP contribution in [0.5, 0.6) is 5.75 Å². The third kappa shape index (κ3) is 8.09. The van der Waals surface area contributed by atoms with Gasteiger partial charge in [-0.05, 0) is 49.2 Å². The highest BCUT2D eigenvalue weighted by Gasteiger charge is 2.10. The Bertz CT molecular complexity index is 810. The summed E-state index contributed by atoms with van der Waals surface area (Å²) in [5.74, 6) is -3.62. The number of ether oxygens (including phenoxy) is 1. The van der Waals surface area contributed by atoms with Gasteiger partial charge in [-0.3, -0.25) is 4.90 Å². The molecule has 0 spiro atoms. The van der Waals surface area contributed by atoms with E-state index >= 15 is 0 Å². The number of carbonyl (C=O) groups is 2. The molecule has 1 saturated heterocycles. The summed E-state index contributed by atoms with van der Waals surface area (Å²) in [6, 6.07) is 12.9. The highest BCUT2D eigenvalue weighted by atomic mass is 35.5. The van der Waals surface area contributed by atoms with Crippen molar-refractivity contribution >= 4 is 23.5 Å². The zero-order valence-corrected chi connectivity index (χ0v) is 16.6. The summed E-state index contributed by atoms with van der Waals surface area (Å²) in [5.41, 5.74) is 2.40. The van der Waals surface area contributed by atoms with E-state index in [1.54, 1.807) is 6.07 Å². The molecule has 0 amide bonds. The van der Waals surface area contributed by atoms with Crippen molar-refractivity contribution in [2.75, 3.05) is 13.1 Å². The summed E-state index contributed by atoms with van der Waals surface area (Å²) in [6.45, 7) is 3.84. The number of halogens is 2. The molecule has 0 atom stereocenters. The third-order valence-corrected chi connectivity index (χ3v) is 4.66. The average Bonchev–Trinajstić information content (AvgIpc) is 2.71. The molecule has 156 valence electrons. The molecule has 0 radical (unpaired) electrons. The summed E-state index contributed by atoms with van der Waals surface area (Å²) in [6.07, 6.45) is 3.98. The Labute approximate surface area is 173 Å². The topological polar surface area (TPSA) is 87.1 Å². The zero-order valence-electron chi connectivity index (χ0n) is 15.8. The van der Waals surface area contributed by atoms with Crippen molar-refractivity contribution in [2.24, 2.45) is 0 Å². The molecule has 0 saturated carbocycles. The van der Waals surface area contributed by atoms with Gasteiger partial charge < -0.3 is 14.9 Å². The van der Waals surface area contributed by atoms with Gasteiger partial charge in [0.05, 0.1) is 5.02 Å². The average molecular weight is 424 g/mol. The van der Waals surface area contributed by atoms with Crippen LogP contribution in [-0.2, 0) is 22.7 Å². The van der Waals surface area contributed by atoms with E-state index in [0.29, 0.717) is 12.4 Å². The normalized spacial score (nSPS) is 13.9. The van der Waals surface area contributed by atoms with Gasteiger partial charge >= 0.3 is 11.9 Å². The molecule has 6 nitrogen and oxygen atoms in total. The number of hydrogen-bond acceptors (Lipinski definition) is 4. The summed E-state index contributed by atoms with van der Waals surface area (Å²) in [4.78, 5) is 20.7. The van der Waals surface area contributed by atoms with Crippen molar-refractivity contribution in [1.29, 1.82) is 0 Å². The lowest BCUT2D eigenvalue weighted by molar-refractivity contribution is -0.159. The van der Waals surface area contributed by atoms with Gasteiger partial charge in [0.25, 0.3) is 0 Å². The standard InChI is InChI=1S/C19H21ClFNO.C2H2O4/c20-18-9-8-17(12-19(18)21)23-14-16-6-4-15(5-7-16)13-22-10-2-1-3-11-22;3-1(4)2(5)6/h4-9,12H,1-3,10-11,13-14H2;(H,3,4)(H,5,6). The van der Waals surface area contributed by atoms with Gasteiger partial charge in [0.15, 0.2) is 0 Å². The predicted octanol–water partition coefficient (Wildman–Crippen LogP) is 4.20. The molecule has 1 heterocycles. The van der Waals surface area contributed by atoms with Crippen molar-refractivity contribution in [3.8, 4) is 5.75 Å². The Morgan fingerprint density at radius 1 is 0.966 bits per heavy atom. The summed E-state index contributed by atoms with van der Waals surface area (Å²) in [5, 5.41) is 14.9. The SMILES string of the molecule is Fc1cc(OCc2ccc(CN3CCCCC3)cc2)ccc1Cl.O=C(O)C(=O)O. The number of hydrogen-bond donors (Lipinski definition) is 2. The molecule has 3 rings (SSSR count). The molecule has 0 bridgehead atoms. The molecule has 8 heteroatoms. The van der Waals surface area contributed by atoms with Crippen LogP contribution in [0.2, 0.25) is 5.02 Å². The number of aliphatic carboxylic acids is 2. The Kier molecular flexibility index (Phi) is 8.89. The third-order valence-electron chi connectivity index (χ3n) is 4.36. The van der Waals surface area contributed by atoms with Crippen LogP contribution in [0.3, 0.4) is 0 Å². The number of benzene rings is 2. The lowest BCUT2D eigenvalue weighted by atomic mass is 10.1. The molecule has 2 aromatic carbocycles. The van der Waals surface area contributed by atoms with Crippen LogP contribution in [0.15, 0.2) is 42.5 Å². The summed E-state index contributed by atoms with van der Waals surface area (Å²) < 4.78 is 19.0. The summed E-state index contributed by atoms with van der Waals surface area (Å²) in [7, 11) is 0. The maximum absolute atomic E-state index is 13.4. The van der Waals surface area contributed by atoms with E-state index in [9.17, 15) is 4.39 Å². The molecule has 0 aliphatic carbocycles. The van der Waals surface area contributed by atoms with Crippen LogP contribution in [0.25, 0.3) is 0 Å². The first-order chi connectivity index (χ1) is 13.8. The van der Waals surface area contributed by atoms with Crippen LogP contribution in [0.1, 0.15) is 30.4 Å². The second-order valence-electron chi connectivity index (χ2n) is 6.63. The number of rotatable bonds is 5. The van der Waals surface area contributed by atoms with Crippen LogP contribution in [0.4, 0.5) is 4.39 Å². The van der Waals surface area contributed by atoms with E-state index in [0.717, 1.165) is 12.1 Å². The monoisotopic (exact) mass is 423 g/mol. The van der Waals surface area contributed by atoms with Crippen molar-refractivity contribution < 1.29 is 28.9 Å². The first-order valence-corrected chi connectivity index (χ1v) is 9.57. The maximum Gasteiger partial charge on any atom is 0.414 e. The fourth-order valence-corrected chi connectivity index (χ4v) is 2.97. The lowest BCUT2D eigenvalue weighted by Gasteiger charge is -2.26. The molecule has 1 aliphatic heterocycles. The molecule has 0 unspecified atom stereocenters. The molecule has 2 N–H and O–H groups in total. The van der Waals surface area contributed by atoms with E-state index in [2.05, 4.69) is 29.2 Å². The number of carboxylic acids is 2. The molecular formula is C21H23ClFNO5. The molecule has 1 fully saturated rings. The van der Waals surface area contributed by atoms with Crippen LogP contribution in [0, 0.1) is 5.82 Å². The van der Waals surface area contributed by atoms with Crippen LogP contribution >= 0.6 is 11.6 Å². The van der Waals surface area contributed by atoms with E-state index in [-0.39, 0.29) is 5.02 Å².